The second-order valence-corrected chi connectivity index (χ2v) is 6.84. The lowest BCUT2D eigenvalue weighted by Gasteiger charge is -2.11. The fraction of sp³-hybridized carbons (Fsp3) is 0.500. The van der Waals surface area contributed by atoms with Gasteiger partial charge in [0.15, 0.2) is 0 Å². The molecule has 6 nitrogen and oxygen atoms in total. The molecule has 124 valence electrons. The zero-order chi connectivity index (χ0) is 15.3. The van der Waals surface area contributed by atoms with Crippen LogP contribution in [0.3, 0.4) is 0 Å². The third kappa shape index (κ3) is 4.95. The minimum Gasteiger partial charge on any atom is -0.326 e. The summed E-state index contributed by atoms with van der Waals surface area (Å²) < 4.78 is 27.0. The van der Waals surface area contributed by atoms with Crippen molar-refractivity contribution in [3.05, 3.63) is 23.8 Å². The predicted octanol–water partition coefficient (Wildman–Crippen LogP) is 1.27. The van der Waals surface area contributed by atoms with E-state index in [1.54, 1.807) is 12.1 Å². The first kappa shape index (κ1) is 18.9. The van der Waals surface area contributed by atoms with Crippen LogP contribution >= 0.6 is 12.4 Å². The Morgan fingerprint density at radius 2 is 2.00 bits per heavy atom. The molecule has 0 atom stereocenters. The largest absolute Gasteiger partial charge is 0.326 e. The number of carbonyl (C=O) groups is 1. The van der Waals surface area contributed by atoms with Gasteiger partial charge in [-0.1, -0.05) is 0 Å². The molecule has 0 saturated carbocycles. The number of fused-ring (bicyclic) bond motifs is 1. The Bertz CT molecular complexity index is 620. The molecule has 3 N–H and O–H groups in total. The van der Waals surface area contributed by atoms with E-state index in [4.69, 9.17) is 0 Å². The average molecular weight is 348 g/mol. The highest BCUT2D eigenvalue weighted by molar-refractivity contribution is 7.89. The van der Waals surface area contributed by atoms with Crippen LogP contribution in [0.4, 0.5) is 5.69 Å². The number of hydrogen-bond acceptors (Lipinski definition) is 4. The maximum atomic E-state index is 12.2. The van der Waals surface area contributed by atoms with Crippen molar-refractivity contribution in [3.8, 4) is 0 Å². The van der Waals surface area contributed by atoms with Gasteiger partial charge in [0.1, 0.15) is 0 Å². The van der Waals surface area contributed by atoms with E-state index in [0.29, 0.717) is 25.1 Å². The van der Waals surface area contributed by atoms with E-state index >= 15 is 0 Å². The number of amides is 1. The second kappa shape index (κ2) is 8.47. The molecule has 1 amide bonds. The Hall–Kier alpha value is -1.15. The van der Waals surface area contributed by atoms with Crippen LogP contribution in [-0.4, -0.2) is 34.5 Å². The van der Waals surface area contributed by atoms with Crippen LogP contribution in [0.25, 0.3) is 0 Å². The molecule has 1 heterocycles. The van der Waals surface area contributed by atoms with E-state index in [1.165, 1.54) is 6.07 Å². The number of carbonyl (C=O) groups excluding carboxylic acids is 1. The van der Waals surface area contributed by atoms with Gasteiger partial charge in [0.2, 0.25) is 15.9 Å². The van der Waals surface area contributed by atoms with Crippen molar-refractivity contribution < 1.29 is 13.2 Å². The second-order valence-electron chi connectivity index (χ2n) is 5.08. The Kier molecular flexibility index (Phi) is 7.28. The van der Waals surface area contributed by atoms with Gasteiger partial charge in [-0.25, -0.2) is 13.1 Å². The Balaban J connectivity index is 0.00000242. The monoisotopic (exact) mass is 347 g/mol. The summed E-state index contributed by atoms with van der Waals surface area (Å²) in [6.07, 6.45) is 2.64. The summed E-state index contributed by atoms with van der Waals surface area (Å²) in [6, 6.07) is 4.85. The topological polar surface area (TPSA) is 87.3 Å². The third-order valence-corrected chi connectivity index (χ3v) is 4.87. The van der Waals surface area contributed by atoms with E-state index in [2.05, 4.69) is 15.4 Å². The van der Waals surface area contributed by atoms with Crippen LogP contribution in [0.15, 0.2) is 23.1 Å². The van der Waals surface area contributed by atoms with E-state index in [9.17, 15) is 13.2 Å². The number of sulfonamides is 1. The van der Waals surface area contributed by atoms with Crippen LogP contribution in [-0.2, 0) is 21.2 Å². The van der Waals surface area contributed by atoms with Gasteiger partial charge in [-0.2, -0.15) is 0 Å². The van der Waals surface area contributed by atoms with Gasteiger partial charge in [-0.15, -0.1) is 12.4 Å². The van der Waals surface area contributed by atoms with Gasteiger partial charge in [0.05, 0.1) is 4.90 Å². The number of nitrogens with one attached hydrogen (secondary N) is 3. The zero-order valence-corrected chi connectivity index (χ0v) is 14.1. The molecule has 22 heavy (non-hydrogen) atoms. The van der Waals surface area contributed by atoms with Crippen molar-refractivity contribution in [2.45, 2.75) is 30.6 Å². The minimum atomic E-state index is -3.49. The predicted molar refractivity (Wildman–Crippen MR) is 89.0 cm³/mol. The van der Waals surface area contributed by atoms with Gasteiger partial charge in [-0.05, 0) is 56.6 Å². The fourth-order valence-electron chi connectivity index (χ4n) is 2.27. The van der Waals surface area contributed by atoms with Gasteiger partial charge >= 0.3 is 0 Å². The summed E-state index contributed by atoms with van der Waals surface area (Å²) in [5.41, 5.74) is 1.59. The molecule has 1 aromatic rings. The minimum absolute atomic E-state index is 0. The van der Waals surface area contributed by atoms with Crippen molar-refractivity contribution in [1.82, 2.24) is 10.0 Å². The van der Waals surface area contributed by atoms with Crippen LogP contribution < -0.4 is 15.4 Å². The van der Waals surface area contributed by atoms with Crippen molar-refractivity contribution in [2.75, 3.05) is 25.5 Å². The molecule has 0 unspecified atom stereocenters. The fourth-order valence-corrected chi connectivity index (χ4v) is 3.40. The van der Waals surface area contributed by atoms with Crippen LogP contribution in [0, 0.1) is 0 Å². The quantitative estimate of drug-likeness (QED) is 0.676. The van der Waals surface area contributed by atoms with Gasteiger partial charge in [0, 0.05) is 18.7 Å². The number of aryl methyl sites for hydroxylation is 1. The Morgan fingerprint density at radius 1 is 1.23 bits per heavy atom. The van der Waals surface area contributed by atoms with E-state index in [-0.39, 0.29) is 23.2 Å². The third-order valence-electron chi connectivity index (χ3n) is 3.41. The maximum Gasteiger partial charge on any atom is 0.240 e. The van der Waals surface area contributed by atoms with Gasteiger partial charge < -0.3 is 10.6 Å². The average Bonchev–Trinajstić information content (AvgIpc) is 2.63. The molecule has 0 spiro atoms. The number of halogens is 1. The van der Waals surface area contributed by atoms with Crippen LogP contribution in [0.5, 0.6) is 0 Å². The molecular formula is C14H22ClN3O3S. The molecular weight excluding hydrogens is 326 g/mol. The molecule has 1 aromatic carbocycles. The Labute approximate surface area is 137 Å². The Morgan fingerprint density at radius 3 is 2.73 bits per heavy atom. The summed E-state index contributed by atoms with van der Waals surface area (Å²) in [5, 5.41) is 5.77. The van der Waals surface area contributed by atoms with E-state index in [0.717, 1.165) is 24.9 Å². The molecule has 0 radical (unpaired) electrons. The standard InChI is InChI=1S/C14H21N3O3S.ClH/c1-15-8-3-9-16-21(19,20)12-6-7-13-11(10-12)4-2-5-14(18)17-13;/h6-7,10,15-16H,2-5,8-9H2,1H3,(H,17,18);1H. The van der Waals surface area contributed by atoms with Crippen molar-refractivity contribution in [3.63, 3.8) is 0 Å². The lowest BCUT2D eigenvalue weighted by Crippen LogP contribution is -2.27. The molecule has 0 fully saturated rings. The molecule has 0 saturated heterocycles. The first-order valence-electron chi connectivity index (χ1n) is 7.10. The molecule has 0 aromatic heterocycles. The van der Waals surface area contributed by atoms with E-state index in [1.807, 2.05) is 7.05 Å². The number of anilines is 1. The highest BCUT2D eigenvalue weighted by Gasteiger charge is 2.18. The first-order valence-corrected chi connectivity index (χ1v) is 8.58. The number of hydrogen-bond donors (Lipinski definition) is 3. The lowest BCUT2D eigenvalue weighted by atomic mass is 10.1. The normalized spacial score (nSPS) is 14.5. The highest BCUT2D eigenvalue weighted by atomic mass is 35.5. The molecule has 1 aliphatic heterocycles. The molecule has 0 bridgehead atoms. The first-order chi connectivity index (χ1) is 10.0. The van der Waals surface area contributed by atoms with Crippen LogP contribution in [0.1, 0.15) is 24.8 Å². The number of rotatable bonds is 6. The molecule has 0 aliphatic carbocycles. The summed E-state index contributed by atoms with van der Waals surface area (Å²) in [5.74, 6) is -0.0189. The lowest BCUT2D eigenvalue weighted by molar-refractivity contribution is -0.116. The van der Waals surface area contributed by atoms with Crippen LogP contribution in [0.2, 0.25) is 0 Å². The summed E-state index contributed by atoms with van der Waals surface area (Å²) in [4.78, 5) is 11.7. The van der Waals surface area contributed by atoms with E-state index < -0.39 is 10.0 Å². The molecule has 8 heteroatoms. The molecule has 1 aliphatic rings. The molecule has 2 rings (SSSR count). The van der Waals surface area contributed by atoms with Crippen molar-refractivity contribution in [1.29, 1.82) is 0 Å². The summed E-state index contributed by atoms with van der Waals surface area (Å²) in [7, 11) is -1.66. The van der Waals surface area contributed by atoms with Gasteiger partial charge in [0.25, 0.3) is 0 Å². The zero-order valence-electron chi connectivity index (χ0n) is 12.5. The summed E-state index contributed by atoms with van der Waals surface area (Å²) >= 11 is 0. The smallest absolute Gasteiger partial charge is 0.240 e. The van der Waals surface area contributed by atoms with Crippen molar-refractivity contribution in [2.24, 2.45) is 0 Å². The SMILES string of the molecule is CNCCCNS(=O)(=O)c1ccc2c(c1)CCCC(=O)N2.Cl. The van der Waals surface area contributed by atoms with Gasteiger partial charge in [-0.3, -0.25) is 4.79 Å². The highest BCUT2D eigenvalue weighted by Crippen LogP contribution is 2.25. The summed E-state index contributed by atoms with van der Waals surface area (Å²) in [6.45, 7) is 1.16. The number of benzene rings is 1. The maximum absolute atomic E-state index is 12.2. The van der Waals surface area contributed by atoms with Crippen molar-refractivity contribution >= 4 is 34.0 Å².